The largest absolute Gasteiger partial charge is 0.505 e. The first-order chi connectivity index (χ1) is 23.9. The van der Waals surface area contributed by atoms with Gasteiger partial charge in [0.25, 0.3) is 5.79 Å². The molecule has 7 nitrogen and oxygen atoms in total. The van der Waals surface area contributed by atoms with E-state index >= 15 is 0 Å². The van der Waals surface area contributed by atoms with Gasteiger partial charge >= 0.3 is 0 Å². The Labute approximate surface area is 288 Å². The summed E-state index contributed by atoms with van der Waals surface area (Å²) >= 11 is 6.69. The second kappa shape index (κ2) is 14.5. The van der Waals surface area contributed by atoms with Crippen molar-refractivity contribution >= 4 is 17.9 Å². The van der Waals surface area contributed by atoms with Gasteiger partial charge in [0.2, 0.25) is 0 Å². The number of phenols is 1. The molecule has 1 N–H and O–H groups in total. The number of fused-ring (bicyclic) bond motifs is 2. The predicted octanol–water partition coefficient (Wildman–Crippen LogP) is 7.67. The van der Waals surface area contributed by atoms with Crippen molar-refractivity contribution in [3.05, 3.63) is 166 Å². The monoisotopic (exact) mass is 680 g/mol. The Morgan fingerprint density at radius 1 is 0.735 bits per heavy atom. The van der Waals surface area contributed by atoms with Crippen molar-refractivity contribution in [2.24, 2.45) is 0 Å². The van der Waals surface area contributed by atoms with Crippen molar-refractivity contribution in [1.82, 2.24) is 0 Å². The maximum atomic E-state index is 14.3. The van der Waals surface area contributed by atoms with Gasteiger partial charge < -0.3 is 33.6 Å². The molecular formula is C40H34ClFO7. The lowest BCUT2D eigenvalue weighted by atomic mass is 9.82. The number of ether oxygens (including phenoxy) is 5. The molecule has 0 bridgehead atoms. The third-order valence-corrected chi connectivity index (χ3v) is 9.19. The van der Waals surface area contributed by atoms with Crippen LogP contribution in [0, 0.1) is 5.82 Å². The van der Waals surface area contributed by atoms with Crippen LogP contribution in [-0.2, 0) is 55.8 Å². The molecule has 0 saturated carbocycles. The lowest BCUT2D eigenvalue weighted by molar-refractivity contribution is -0.370. The smallest absolute Gasteiger partial charge is 0.270 e. The Bertz CT molecular complexity index is 1890. The Morgan fingerprint density at radius 3 is 1.88 bits per heavy atom. The van der Waals surface area contributed by atoms with Crippen LogP contribution >= 0.6 is 11.6 Å². The summed E-state index contributed by atoms with van der Waals surface area (Å²) in [4.78, 5) is 12.8. The van der Waals surface area contributed by atoms with Gasteiger partial charge in [0.15, 0.2) is 24.0 Å². The van der Waals surface area contributed by atoms with Crippen molar-refractivity contribution in [1.29, 1.82) is 0 Å². The Balaban J connectivity index is 1.28. The fourth-order valence-electron chi connectivity index (χ4n) is 6.37. The van der Waals surface area contributed by atoms with E-state index in [9.17, 15) is 14.3 Å². The summed E-state index contributed by atoms with van der Waals surface area (Å²) < 4.78 is 47.3. The Kier molecular flexibility index (Phi) is 9.75. The first-order valence-corrected chi connectivity index (χ1v) is 16.4. The van der Waals surface area contributed by atoms with Crippen molar-refractivity contribution in [3.8, 4) is 11.5 Å². The molecule has 5 aromatic rings. The topological polar surface area (TPSA) is 83.5 Å². The highest BCUT2D eigenvalue weighted by atomic mass is 35.5. The first kappa shape index (κ1) is 33.0. The van der Waals surface area contributed by atoms with Gasteiger partial charge in [-0.15, -0.1) is 0 Å². The zero-order chi connectivity index (χ0) is 33.8. The average Bonchev–Trinajstić information content (AvgIpc) is 3.13. The minimum Gasteiger partial charge on any atom is -0.505 e. The van der Waals surface area contributed by atoms with Crippen LogP contribution in [0.25, 0.3) is 0 Å². The standard InChI is InChI=1S/C40H34ClFO7/c41-32-18-17-31-36(30(32)20-29-16-19-34(44)33(42)21-29)49-40(31)39(47-25-28-14-8-3-9-15-28)38(46-24-27-12-6-2-7-13-27)37(35(22-43)48-40)45-23-26-10-4-1-5-11-26/h1-19,21-22,35,37-39,44H,20,23-25H2/t35-,37-,38+,39-,40-/m1/s1. The van der Waals surface area contributed by atoms with E-state index in [1.807, 2.05) is 91.0 Å². The number of aldehydes is 1. The number of phenolic OH excluding ortho intramolecular Hbond substituents is 1. The molecule has 5 atom stereocenters. The average molecular weight is 681 g/mol. The summed E-state index contributed by atoms with van der Waals surface area (Å²) in [5.41, 5.74) is 4.58. The first-order valence-electron chi connectivity index (χ1n) is 16.0. The third kappa shape index (κ3) is 6.84. The normalized spacial score (nSPS) is 22.6. The minimum absolute atomic E-state index is 0.199. The molecule has 0 amide bonds. The number of rotatable bonds is 12. The summed E-state index contributed by atoms with van der Waals surface area (Å²) in [6.07, 6.45) is -2.73. The van der Waals surface area contributed by atoms with Crippen LogP contribution in [0.1, 0.15) is 33.4 Å². The van der Waals surface area contributed by atoms with Crippen LogP contribution in [0.4, 0.5) is 4.39 Å². The molecule has 250 valence electrons. The van der Waals surface area contributed by atoms with Crippen LogP contribution in [0.5, 0.6) is 11.5 Å². The van der Waals surface area contributed by atoms with Gasteiger partial charge in [0, 0.05) is 17.0 Å². The molecule has 0 aromatic heterocycles. The second-order valence-electron chi connectivity index (χ2n) is 12.1. The predicted molar refractivity (Wildman–Crippen MR) is 181 cm³/mol. The summed E-state index contributed by atoms with van der Waals surface area (Å²) in [7, 11) is 0. The molecule has 2 aliphatic rings. The highest BCUT2D eigenvalue weighted by Gasteiger charge is 2.65. The van der Waals surface area contributed by atoms with E-state index in [1.165, 1.54) is 12.1 Å². The van der Waals surface area contributed by atoms with Crippen molar-refractivity contribution in [3.63, 3.8) is 0 Å². The molecule has 2 heterocycles. The number of carbonyl (C=O) groups is 1. The lowest BCUT2D eigenvalue weighted by Gasteiger charge is -2.55. The summed E-state index contributed by atoms with van der Waals surface area (Å²) in [5, 5.41) is 10.1. The summed E-state index contributed by atoms with van der Waals surface area (Å²) in [6.45, 7) is 0.628. The molecule has 5 aromatic carbocycles. The van der Waals surface area contributed by atoms with Crippen LogP contribution in [0.15, 0.2) is 121 Å². The molecule has 0 unspecified atom stereocenters. The van der Waals surface area contributed by atoms with Gasteiger partial charge in [-0.2, -0.15) is 0 Å². The second-order valence-corrected chi connectivity index (χ2v) is 12.5. The molecule has 1 saturated heterocycles. The summed E-state index contributed by atoms with van der Waals surface area (Å²) in [5.74, 6) is -2.28. The quantitative estimate of drug-likeness (QED) is 0.135. The fourth-order valence-corrected chi connectivity index (χ4v) is 6.59. The van der Waals surface area contributed by atoms with Crippen molar-refractivity contribution < 1.29 is 38.0 Å². The van der Waals surface area contributed by atoms with Crippen LogP contribution in [0.3, 0.4) is 0 Å². The lowest BCUT2D eigenvalue weighted by Crippen LogP contribution is -2.69. The molecule has 49 heavy (non-hydrogen) atoms. The third-order valence-electron chi connectivity index (χ3n) is 8.83. The summed E-state index contributed by atoms with van der Waals surface area (Å²) in [6, 6.07) is 36.8. The van der Waals surface area contributed by atoms with E-state index in [0.717, 1.165) is 16.7 Å². The Hall–Kier alpha value is -4.57. The van der Waals surface area contributed by atoms with Crippen LogP contribution < -0.4 is 4.74 Å². The molecule has 1 fully saturated rings. The molecular weight excluding hydrogens is 647 g/mol. The zero-order valence-electron chi connectivity index (χ0n) is 26.4. The number of hydrogen-bond acceptors (Lipinski definition) is 7. The maximum Gasteiger partial charge on any atom is 0.270 e. The van der Waals surface area contributed by atoms with E-state index in [4.69, 9.17) is 35.3 Å². The Morgan fingerprint density at radius 2 is 1.31 bits per heavy atom. The van der Waals surface area contributed by atoms with Gasteiger partial charge in [0.05, 0.1) is 25.4 Å². The number of benzene rings is 5. The number of aromatic hydroxyl groups is 1. The van der Waals surface area contributed by atoms with Gasteiger partial charge in [-0.05, 0) is 46.5 Å². The number of halogens is 2. The van der Waals surface area contributed by atoms with Crippen molar-refractivity contribution in [2.75, 3.05) is 0 Å². The van der Waals surface area contributed by atoms with Crippen LogP contribution in [0.2, 0.25) is 5.02 Å². The molecule has 0 aliphatic carbocycles. The fraction of sp³-hybridized carbons (Fsp3) is 0.225. The maximum absolute atomic E-state index is 14.3. The molecule has 2 aliphatic heterocycles. The molecule has 9 heteroatoms. The minimum atomic E-state index is -1.55. The number of hydrogen-bond donors (Lipinski definition) is 1. The van der Waals surface area contributed by atoms with E-state index in [0.29, 0.717) is 33.7 Å². The van der Waals surface area contributed by atoms with Gasteiger partial charge in [-0.1, -0.05) is 109 Å². The van der Waals surface area contributed by atoms with Gasteiger partial charge in [-0.3, -0.25) is 0 Å². The van der Waals surface area contributed by atoms with E-state index in [-0.39, 0.29) is 26.2 Å². The molecule has 0 radical (unpaired) electrons. The molecule has 7 rings (SSSR count). The zero-order valence-corrected chi connectivity index (χ0v) is 27.2. The van der Waals surface area contributed by atoms with Gasteiger partial charge in [0.1, 0.15) is 24.1 Å². The van der Waals surface area contributed by atoms with E-state index in [2.05, 4.69) is 0 Å². The van der Waals surface area contributed by atoms with E-state index in [1.54, 1.807) is 18.2 Å². The molecule has 1 spiro atoms. The highest BCUT2D eigenvalue weighted by molar-refractivity contribution is 6.31. The SMILES string of the molecule is O=C[C@H]1O[C@]2(Oc3c2ccc(Cl)c3Cc2ccc(O)c(F)c2)[C@H](OCc2ccccc2)[C@@H](OCc2ccccc2)[C@@H]1OCc1ccccc1. The van der Waals surface area contributed by atoms with Crippen molar-refractivity contribution in [2.45, 2.75) is 56.4 Å². The van der Waals surface area contributed by atoms with Crippen LogP contribution in [-0.4, -0.2) is 35.8 Å². The highest BCUT2D eigenvalue weighted by Crippen LogP contribution is 2.56. The number of carbonyl (C=O) groups excluding carboxylic acids is 1. The van der Waals surface area contributed by atoms with Gasteiger partial charge in [-0.25, -0.2) is 4.39 Å². The van der Waals surface area contributed by atoms with E-state index < -0.39 is 41.8 Å².